The lowest BCUT2D eigenvalue weighted by molar-refractivity contribution is -0.152. The standard InChI is InChI=1S/C15H23NO3S/c1-6-20(18,13-9-7-12(2)8-10-13)16-11-14(17)19-15(3,4)5/h7-10H,6,11H2,1-5H3. The van der Waals surface area contributed by atoms with Crippen molar-refractivity contribution >= 4 is 15.7 Å². The SMILES string of the molecule is CCS(=O)(=NCC(=O)OC(C)(C)C)c1ccc(C)cc1. The minimum absolute atomic E-state index is 0.183. The van der Waals surface area contributed by atoms with Crippen LogP contribution in [0.25, 0.3) is 0 Å². The van der Waals surface area contributed by atoms with Gasteiger partial charge in [-0.25, -0.2) is 8.57 Å². The lowest BCUT2D eigenvalue weighted by Gasteiger charge is -2.19. The molecular weight excluding hydrogens is 274 g/mol. The Bertz CT molecular complexity index is 576. The Morgan fingerprint density at radius 2 is 1.80 bits per heavy atom. The van der Waals surface area contributed by atoms with Crippen molar-refractivity contribution in [2.24, 2.45) is 4.36 Å². The normalized spacial score (nSPS) is 14.4. The molecule has 0 aliphatic heterocycles. The number of aryl methyl sites for hydroxylation is 1. The van der Waals surface area contributed by atoms with Crippen molar-refractivity contribution in [1.29, 1.82) is 0 Å². The highest BCUT2D eigenvalue weighted by molar-refractivity contribution is 7.93. The molecule has 20 heavy (non-hydrogen) atoms. The number of carbonyl (C=O) groups is 1. The Morgan fingerprint density at radius 1 is 1.25 bits per heavy atom. The molecule has 0 aliphatic rings. The molecule has 0 heterocycles. The number of hydrogen-bond donors (Lipinski definition) is 0. The predicted octanol–water partition coefficient (Wildman–Crippen LogP) is 3.18. The van der Waals surface area contributed by atoms with Crippen LogP contribution in [0.15, 0.2) is 33.5 Å². The van der Waals surface area contributed by atoms with E-state index >= 15 is 0 Å². The first-order valence-electron chi connectivity index (χ1n) is 6.65. The van der Waals surface area contributed by atoms with Crippen LogP contribution in [0.5, 0.6) is 0 Å². The fraction of sp³-hybridized carbons (Fsp3) is 0.533. The zero-order chi connectivity index (χ0) is 15.4. The molecule has 0 fully saturated rings. The van der Waals surface area contributed by atoms with Gasteiger partial charge in [-0.3, -0.25) is 4.79 Å². The van der Waals surface area contributed by atoms with E-state index in [4.69, 9.17) is 4.74 Å². The quantitative estimate of drug-likeness (QED) is 0.802. The third-order valence-corrected chi connectivity index (χ3v) is 4.94. The zero-order valence-corrected chi connectivity index (χ0v) is 13.6. The van der Waals surface area contributed by atoms with Crippen LogP contribution in [0.1, 0.15) is 33.3 Å². The second kappa shape index (κ2) is 6.39. The van der Waals surface area contributed by atoms with E-state index in [-0.39, 0.29) is 6.54 Å². The van der Waals surface area contributed by atoms with Gasteiger partial charge in [-0.2, -0.15) is 0 Å². The highest BCUT2D eigenvalue weighted by atomic mass is 32.2. The van der Waals surface area contributed by atoms with Crippen molar-refractivity contribution in [2.45, 2.75) is 45.1 Å². The van der Waals surface area contributed by atoms with E-state index in [9.17, 15) is 9.00 Å². The molecule has 1 aromatic carbocycles. The molecule has 0 aliphatic carbocycles. The Morgan fingerprint density at radius 3 is 2.25 bits per heavy atom. The fourth-order valence-corrected chi connectivity index (χ4v) is 3.15. The average molecular weight is 297 g/mol. The molecule has 0 amide bonds. The van der Waals surface area contributed by atoms with Gasteiger partial charge in [-0.15, -0.1) is 0 Å². The summed E-state index contributed by atoms with van der Waals surface area (Å²) < 4.78 is 22.0. The monoisotopic (exact) mass is 297 g/mol. The first-order valence-corrected chi connectivity index (χ1v) is 8.34. The lowest BCUT2D eigenvalue weighted by Crippen LogP contribution is -2.25. The fourth-order valence-electron chi connectivity index (χ4n) is 1.61. The van der Waals surface area contributed by atoms with Crippen LogP contribution >= 0.6 is 0 Å². The second-order valence-corrected chi connectivity index (χ2v) is 8.20. The maximum Gasteiger partial charge on any atom is 0.328 e. The first kappa shape index (κ1) is 16.7. The highest BCUT2D eigenvalue weighted by Crippen LogP contribution is 2.15. The molecule has 1 rings (SSSR count). The van der Waals surface area contributed by atoms with Crippen molar-refractivity contribution in [2.75, 3.05) is 12.3 Å². The van der Waals surface area contributed by atoms with Gasteiger partial charge in [0.1, 0.15) is 12.1 Å². The second-order valence-electron chi connectivity index (χ2n) is 5.62. The third-order valence-electron chi connectivity index (χ3n) is 2.60. The summed E-state index contributed by atoms with van der Waals surface area (Å²) in [5.74, 6) is -0.0791. The molecule has 5 heteroatoms. The van der Waals surface area contributed by atoms with Gasteiger partial charge in [-0.1, -0.05) is 24.6 Å². The lowest BCUT2D eigenvalue weighted by atomic mass is 10.2. The molecular formula is C15H23NO3S. The maximum atomic E-state index is 12.8. The summed E-state index contributed by atoms with van der Waals surface area (Å²) in [6, 6.07) is 7.40. The Labute approximate surface area is 121 Å². The van der Waals surface area contributed by atoms with Gasteiger partial charge in [0.2, 0.25) is 0 Å². The van der Waals surface area contributed by atoms with E-state index in [0.29, 0.717) is 10.6 Å². The van der Waals surface area contributed by atoms with Crippen molar-refractivity contribution in [1.82, 2.24) is 0 Å². The summed E-state index contributed by atoms with van der Waals surface area (Å²) in [5.41, 5.74) is 0.544. The minimum Gasteiger partial charge on any atom is -0.459 e. The molecule has 0 bridgehead atoms. The molecule has 0 saturated heterocycles. The van der Waals surface area contributed by atoms with Crippen molar-refractivity contribution in [3.8, 4) is 0 Å². The van der Waals surface area contributed by atoms with E-state index in [1.807, 2.05) is 19.1 Å². The Balaban J connectivity index is 2.94. The molecule has 112 valence electrons. The molecule has 1 atom stereocenters. The van der Waals surface area contributed by atoms with Crippen molar-refractivity contribution in [3.63, 3.8) is 0 Å². The van der Waals surface area contributed by atoms with Crippen LogP contribution in [-0.2, 0) is 19.3 Å². The summed E-state index contributed by atoms with van der Waals surface area (Å²) in [4.78, 5) is 12.3. The van der Waals surface area contributed by atoms with E-state index < -0.39 is 21.3 Å². The van der Waals surface area contributed by atoms with Crippen LogP contribution in [0.3, 0.4) is 0 Å². The summed E-state index contributed by atoms with van der Waals surface area (Å²) >= 11 is 0. The summed E-state index contributed by atoms with van der Waals surface area (Å²) in [6.45, 7) is 8.97. The van der Waals surface area contributed by atoms with Gasteiger partial charge >= 0.3 is 5.97 Å². The zero-order valence-electron chi connectivity index (χ0n) is 12.8. The highest BCUT2D eigenvalue weighted by Gasteiger charge is 2.17. The summed E-state index contributed by atoms with van der Waals surface area (Å²) in [7, 11) is -2.55. The predicted molar refractivity (Wildman–Crippen MR) is 81.3 cm³/mol. The Hall–Kier alpha value is -1.36. The number of rotatable bonds is 4. The van der Waals surface area contributed by atoms with E-state index in [0.717, 1.165) is 5.56 Å². The van der Waals surface area contributed by atoms with Crippen LogP contribution in [0.2, 0.25) is 0 Å². The number of carbonyl (C=O) groups excluding carboxylic acids is 1. The largest absolute Gasteiger partial charge is 0.459 e. The summed E-state index contributed by atoms with van der Waals surface area (Å²) in [5, 5.41) is 0. The number of ether oxygens (including phenoxy) is 1. The van der Waals surface area contributed by atoms with Crippen LogP contribution in [0, 0.1) is 6.92 Å². The van der Waals surface area contributed by atoms with Gasteiger partial charge in [0, 0.05) is 10.6 Å². The van der Waals surface area contributed by atoms with Crippen molar-refractivity contribution < 1.29 is 13.7 Å². The van der Waals surface area contributed by atoms with Crippen LogP contribution in [0.4, 0.5) is 0 Å². The van der Waals surface area contributed by atoms with Crippen LogP contribution < -0.4 is 0 Å². The van der Waals surface area contributed by atoms with Crippen LogP contribution in [-0.4, -0.2) is 28.1 Å². The van der Waals surface area contributed by atoms with Crippen molar-refractivity contribution in [3.05, 3.63) is 29.8 Å². The molecule has 0 saturated carbocycles. The first-order chi connectivity index (χ1) is 9.16. The number of nitrogens with zero attached hydrogens (tertiary/aromatic N) is 1. The maximum absolute atomic E-state index is 12.8. The molecule has 0 aromatic heterocycles. The van der Waals surface area contributed by atoms with Gasteiger partial charge < -0.3 is 4.74 Å². The van der Waals surface area contributed by atoms with E-state index in [2.05, 4.69) is 4.36 Å². The number of esters is 1. The van der Waals surface area contributed by atoms with E-state index in [1.165, 1.54) is 0 Å². The smallest absolute Gasteiger partial charge is 0.328 e. The van der Waals surface area contributed by atoms with Gasteiger partial charge in [-0.05, 0) is 39.8 Å². The van der Waals surface area contributed by atoms with E-state index in [1.54, 1.807) is 39.8 Å². The molecule has 0 radical (unpaired) electrons. The van der Waals surface area contributed by atoms with Gasteiger partial charge in [0.15, 0.2) is 0 Å². The topological polar surface area (TPSA) is 55.7 Å². The third kappa shape index (κ3) is 4.96. The number of hydrogen-bond acceptors (Lipinski definition) is 4. The average Bonchev–Trinajstić information content (AvgIpc) is 2.35. The number of benzene rings is 1. The molecule has 1 aromatic rings. The van der Waals surface area contributed by atoms with Gasteiger partial charge in [0.25, 0.3) is 0 Å². The molecule has 4 nitrogen and oxygen atoms in total. The molecule has 1 unspecified atom stereocenters. The Kier molecular flexibility index (Phi) is 5.34. The molecule has 0 N–H and O–H groups in total. The van der Waals surface area contributed by atoms with Gasteiger partial charge in [0.05, 0.1) is 9.73 Å². The minimum atomic E-state index is -2.55. The molecule has 0 spiro atoms. The summed E-state index contributed by atoms with van der Waals surface area (Å²) in [6.07, 6.45) is 0.